The van der Waals surface area contributed by atoms with Crippen LogP contribution in [0.5, 0.6) is 0 Å². The molecule has 0 aliphatic carbocycles. The van der Waals surface area contributed by atoms with Gasteiger partial charge in [-0.2, -0.15) is 0 Å². The lowest BCUT2D eigenvalue weighted by Crippen LogP contribution is -2.39. The molecule has 0 saturated carbocycles. The van der Waals surface area contributed by atoms with Crippen molar-refractivity contribution in [2.45, 2.75) is 32.7 Å². The van der Waals surface area contributed by atoms with Gasteiger partial charge in [0.05, 0.1) is 0 Å². The average molecular weight is 304 g/mol. The smallest absolute Gasteiger partial charge is 0.219 e. The SMILES string of the molecule is CC(=O)N1CCC(C2CCN(Cc3ccccc3F)C2)CC1. The number of piperidine rings is 1. The molecule has 1 unspecified atom stereocenters. The van der Waals surface area contributed by atoms with E-state index in [1.54, 1.807) is 19.1 Å². The van der Waals surface area contributed by atoms with Crippen LogP contribution in [0.2, 0.25) is 0 Å². The summed E-state index contributed by atoms with van der Waals surface area (Å²) in [4.78, 5) is 15.7. The number of hydrogen-bond acceptors (Lipinski definition) is 2. The minimum absolute atomic E-state index is 0.0966. The van der Waals surface area contributed by atoms with Gasteiger partial charge in [0.25, 0.3) is 0 Å². The molecule has 3 nitrogen and oxygen atoms in total. The van der Waals surface area contributed by atoms with Crippen LogP contribution in [0.25, 0.3) is 0 Å². The van der Waals surface area contributed by atoms with E-state index < -0.39 is 0 Å². The van der Waals surface area contributed by atoms with Crippen LogP contribution in [-0.2, 0) is 11.3 Å². The number of benzene rings is 1. The standard InChI is InChI=1S/C18H25FN2O/c1-14(22)21-10-7-15(8-11-21)16-6-9-20(12-16)13-17-4-2-3-5-18(17)19/h2-5,15-16H,6-13H2,1H3. The third-order valence-electron chi connectivity index (χ3n) is 5.31. The van der Waals surface area contributed by atoms with Crippen molar-refractivity contribution in [3.63, 3.8) is 0 Å². The summed E-state index contributed by atoms with van der Waals surface area (Å²) in [7, 11) is 0. The van der Waals surface area contributed by atoms with Crippen molar-refractivity contribution in [3.8, 4) is 0 Å². The molecule has 2 aliphatic rings. The van der Waals surface area contributed by atoms with E-state index in [0.29, 0.717) is 5.92 Å². The number of carbonyl (C=O) groups is 1. The molecule has 2 saturated heterocycles. The van der Waals surface area contributed by atoms with E-state index in [4.69, 9.17) is 0 Å². The molecule has 3 rings (SSSR count). The largest absolute Gasteiger partial charge is 0.343 e. The Kier molecular flexibility index (Phi) is 4.77. The lowest BCUT2D eigenvalue weighted by atomic mass is 9.84. The van der Waals surface area contributed by atoms with Gasteiger partial charge in [-0.15, -0.1) is 0 Å². The summed E-state index contributed by atoms with van der Waals surface area (Å²) in [5.41, 5.74) is 0.801. The van der Waals surface area contributed by atoms with Crippen LogP contribution in [0.15, 0.2) is 24.3 Å². The van der Waals surface area contributed by atoms with Crippen LogP contribution in [0.4, 0.5) is 4.39 Å². The highest BCUT2D eigenvalue weighted by molar-refractivity contribution is 5.73. The molecule has 0 aromatic heterocycles. The van der Waals surface area contributed by atoms with E-state index in [0.717, 1.165) is 57.0 Å². The normalized spacial score (nSPS) is 23.9. The van der Waals surface area contributed by atoms with E-state index in [1.807, 2.05) is 17.0 Å². The minimum Gasteiger partial charge on any atom is -0.343 e. The highest BCUT2D eigenvalue weighted by Crippen LogP contribution is 2.32. The molecular weight excluding hydrogens is 279 g/mol. The van der Waals surface area contributed by atoms with Gasteiger partial charge in [0.1, 0.15) is 5.82 Å². The number of nitrogens with zero attached hydrogens (tertiary/aromatic N) is 2. The van der Waals surface area contributed by atoms with Crippen molar-refractivity contribution in [2.24, 2.45) is 11.8 Å². The molecule has 0 N–H and O–H groups in total. The Morgan fingerprint density at radius 1 is 1.14 bits per heavy atom. The van der Waals surface area contributed by atoms with Gasteiger partial charge in [-0.05, 0) is 43.7 Å². The first-order valence-electron chi connectivity index (χ1n) is 8.35. The first-order valence-corrected chi connectivity index (χ1v) is 8.35. The maximum absolute atomic E-state index is 13.7. The van der Waals surface area contributed by atoms with Crippen molar-refractivity contribution in [3.05, 3.63) is 35.6 Å². The monoisotopic (exact) mass is 304 g/mol. The molecule has 2 fully saturated rings. The van der Waals surface area contributed by atoms with E-state index >= 15 is 0 Å². The highest BCUT2D eigenvalue weighted by atomic mass is 19.1. The molecule has 4 heteroatoms. The van der Waals surface area contributed by atoms with E-state index in [1.165, 1.54) is 6.42 Å². The number of hydrogen-bond donors (Lipinski definition) is 0. The van der Waals surface area contributed by atoms with Gasteiger partial charge in [0.15, 0.2) is 0 Å². The van der Waals surface area contributed by atoms with Crippen LogP contribution < -0.4 is 0 Å². The molecule has 0 bridgehead atoms. The summed E-state index contributed by atoms with van der Waals surface area (Å²) in [6, 6.07) is 7.08. The summed E-state index contributed by atoms with van der Waals surface area (Å²) >= 11 is 0. The fraction of sp³-hybridized carbons (Fsp3) is 0.611. The molecule has 1 aromatic carbocycles. The number of likely N-dealkylation sites (tertiary alicyclic amines) is 2. The Morgan fingerprint density at radius 3 is 2.50 bits per heavy atom. The van der Waals surface area contributed by atoms with Crippen molar-refractivity contribution in [1.29, 1.82) is 0 Å². The third-order valence-corrected chi connectivity index (χ3v) is 5.31. The van der Waals surface area contributed by atoms with Crippen LogP contribution in [-0.4, -0.2) is 41.9 Å². The second-order valence-corrected chi connectivity index (χ2v) is 6.72. The Labute approximate surface area is 132 Å². The van der Waals surface area contributed by atoms with Crippen molar-refractivity contribution < 1.29 is 9.18 Å². The van der Waals surface area contributed by atoms with Gasteiger partial charge < -0.3 is 4.90 Å². The molecule has 1 aromatic rings. The van der Waals surface area contributed by atoms with E-state index in [-0.39, 0.29) is 11.7 Å². The van der Waals surface area contributed by atoms with Crippen LogP contribution >= 0.6 is 0 Å². The van der Waals surface area contributed by atoms with Gasteiger partial charge >= 0.3 is 0 Å². The summed E-state index contributed by atoms with van der Waals surface area (Å²) in [5, 5.41) is 0. The minimum atomic E-state index is -0.0966. The quantitative estimate of drug-likeness (QED) is 0.857. The molecule has 0 radical (unpaired) electrons. The molecule has 0 spiro atoms. The van der Waals surface area contributed by atoms with Gasteiger partial charge in [-0.1, -0.05) is 18.2 Å². The predicted octanol–water partition coefficient (Wildman–Crippen LogP) is 2.91. The van der Waals surface area contributed by atoms with E-state index in [9.17, 15) is 9.18 Å². The van der Waals surface area contributed by atoms with E-state index in [2.05, 4.69) is 4.90 Å². The zero-order valence-corrected chi connectivity index (χ0v) is 13.3. The zero-order chi connectivity index (χ0) is 15.5. The second kappa shape index (κ2) is 6.78. The van der Waals surface area contributed by atoms with Gasteiger partial charge in [-0.3, -0.25) is 9.69 Å². The first kappa shape index (κ1) is 15.5. The number of carbonyl (C=O) groups excluding carboxylic acids is 1. The summed E-state index contributed by atoms with van der Waals surface area (Å²) < 4.78 is 13.7. The Balaban J connectivity index is 1.51. The predicted molar refractivity (Wildman–Crippen MR) is 84.8 cm³/mol. The first-order chi connectivity index (χ1) is 10.6. The molecule has 1 amide bonds. The fourth-order valence-corrected chi connectivity index (χ4v) is 3.94. The fourth-order valence-electron chi connectivity index (χ4n) is 3.94. The third kappa shape index (κ3) is 3.49. The van der Waals surface area contributed by atoms with Crippen molar-refractivity contribution in [1.82, 2.24) is 9.80 Å². The Bertz CT molecular complexity index is 526. The van der Waals surface area contributed by atoms with Gasteiger partial charge in [-0.25, -0.2) is 4.39 Å². The van der Waals surface area contributed by atoms with Crippen LogP contribution in [0, 0.1) is 17.7 Å². The molecule has 2 heterocycles. The van der Waals surface area contributed by atoms with Gasteiger partial charge in [0, 0.05) is 38.7 Å². The Morgan fingerprint density at radius 2 is 1.82 bits per heavy atom. The summed E-state index contributed by atoms with van der Waals surface area (Å²) in [5.74, 6) is 1.54. The highest BCUT2D eigenvalue weighted by Gasteiger charge is 2.32. The van der Waals surface area contributed by atoms with Crippen molar-refractivity contribution >= 4 is 5.91 Å². The molecule has 2 aliphatic heterocycles. The second-order valence-electron chi connectivity index (χ2n) is 6.72. The van der Waals surface area contributed by atoms with Crippen LogP contribution in [0.3, 0.4) is 0 Å². The molecule has 120 valence electrons. The average Bonchev–Trinajstić information content (AvgIpc) is 2.98. The maximum atomic E-state index is 13.7. The maximum Gasteiger partial charge on any atom is 0.219 e. The zero-order valence-electron chi connectivity index (χ0n) is 13.3. The summed E-state index contributed by atoms with van der Waals surface area (Å²) in [6.45, 7) is 6.32. The molecule has 1 atom stereocenters. The lowest BCUT2D eigenvalue weighted by Gasteiger charge is -2.34. The topological polar surface area (TPSA) is 23.6 Å². The Hall–Kier alpha value is -1.42. The van der Waals surface area contributed by atoms with Gasteiger partial charge in [0.2, 0.25) is 5.91 Å². The number of rotatable bonds is 3. The molecular formula is C18H25FN2O. The van der Waals surface area contributed by atoms with Crippen molar-refractivity contribution in [2.75, 3.05) is 26.2 Å². The summed E-state index contributed by atoms with van der Waals surface area (Å²) in [6.07, 6.45) is 3.45. The number of halogens is 1. The molecule has 22 heavy (non-hydrogen) atoms. The number of amides is 1. The van der Waals surface area contributed by atoms with Crippen LogP contribution in [0.1, 0.15) is 31.7 Å². The lowest BCUT2D eigenvalue weighted by molar-refractivity contribution is -0.130.